The van der Waals surface area contributed by atoms with Crippen LogP contribution in [0.2, 0.25) is 0 Å². The molecule has 1 amide bonds. The summed E-state index contributed by atoms with van der Waals surface area (Å²) in [4.78, 5) is 22.9. The molecule has 21 heavy (non-hydrogen) atoms. The van der Waals surface area contributed by atoms with Crippen LogP contribution in [0.25, 0.3) is 0 Å². The van der Waals surface area contributed by atoms with Gasteiger partial charge in [0.05, 0.1) is 12.2 Å². The van der Waals surface area contributed by atoms with Gasteiger partial charge in [-0.2, -0.15) is 0 Å². The summed E-state index contributed by atoms with van der Waals surface area (Å²) in [6.07, 6.45) is 0. The predicted octanol–water partition coefficient (Wildman–Crippen LogP) is 3.08. The van der Waals surface area contributed by atoms with E-state index >= 15 is 0 Å². The topological polar surface area (TPSA) is 58.2 Å². The molecule has 0 unspecified atom stereocenters. The Labute approximate surface area is 122 Å². The second-order valence-electron chi connectivity index (χ2n) is 4.52. The van der Waals surface area contributed by atoms with E-state index in [0.717, 1.165) is 0 Å². The van der Waals surface area contributed by atoms with E-state index in [2.05, 4.69) is 10.6 Å². The largest absolute Gasteiger partial charge is 0.376 e. The van der Waals surface area contributed by atoms with Gasteiger partial charge in [0.25, 0.3) is 0 Å². The number of Topliss-reactive ketones (excluding diaryl/α,β-unsaturated/α-hetero) is 1. The molecule has 0 aliphatic heterocycles. The number of benzene rings is 2. The lowest BCUT2D eigenvalue weighted by Gasteiger charge is -2.08. The first-order chi connectivity index (χ1) is 10.1. The van der Waals surface area contributed by atoms with Crippen molar-refractivity contribution in [2.45, 2.75) is 6.92 Å². The summed E-state index contributed by atoms with van der Waals surface area (Å²) in [7, 11) is 0. The Hall–Kier alpha value is -2.69. The van der Waals surface area contributed by atoms with Crippen molar-refractivity contribution in [1.82, 2.24) is 0 Å². The first-order valence-corrected chi connectivity index (χ1v) is 6.45. The second kappa shape index (κ2) is 6.65. The highest BCUT2D eigenvalue weighted by Crippen LogP contribution is 2.13. The van der Waals surface area contributed by atoms with Crippen LogP contribution in [0.4, 0.5) is 15.8 Å². The molecule has 0 radical (unpaired) electrons. The summed E-state index contributed by atoms with van der Waals surface area (Å²) in [5.41, 5.74) is 1.47. The number of nitrogens with one attached hydrogen (secondary N) is 2. The van der Waals surface area contributed by atoms with Crippen LogP contribution in [0, 0.1) is 5.82 Å². The van der Waals surface area contributed by atoms with E-state index in [9.17, 15) is 14.0 Å². The summed E-state index contributed by atoms with van der Waals surface area (Å²) in [6.45, 7) is 1.50. The second-order valence-corrected chi connectivity index (χ2v) is 4.52. The van der Waals surface area contributed by atoms with Crippen LogP contribution in [-0.2, 0) is 4.79 Å². The number of hydrogen-bond acceptors (Lipinski definition) is 3. The summed E-state index contributed by atoms with van der Waals surface area (Å²) in [5.74, 6) is -0.841. The van der Waals surface area contributed by atoms with Gasteiger partial charge in [0.15, 0.2) is 5.78 Å². The fourth-order valence-electron chi connectivity index (χ4n) is 1.76. The molecule has 0 fully saturated rings. The standard InChI is InChI=1S/C16H15FN2O2/c1-11(20)12-6-8-13(9-7-12)18-10-16(21)19-15-5-3-2-4-14(15)17/h2-9,18H,10H2,1H3,(H,19,21). The summed E-state index contributed by atoms with van der Waals surface area (Å²) < 4.78 is 13.4. The first-order valence-electron chi connectivity index (χ1n) is 6.45. The molecular weight excluding hydrogens is 271 g/mol. The van der Waals surface area contributed by atoms with Crippen molar-refractivity contribution in [1.29, 1.82) is 0 Å². The van der Waals surface area contributed by atoms with Gasteiger partial charge in [-0.05, 0) is 43.3 Å². The number of para-hydroxylation sites is 1. The van der Waals surface area contributed by atoms with Crippen molar-refractivity contribution in [2.75, 3.05) is 17.2 Å². The van der Waals surface area contributed by atoms with Gasteiger partial charge < -0.3 is 10.6 Å². The summed E-state index contributed by atoms with van der Waals surface area (Å²) in [6, 6.07) is 12.8. The van der Waals surface area contributed by atoms with Gasteiger partial charge >= 0.3 is 0 Å². The molecule has 2 aromatic carbocycles. The van der Waals surface area contributed by atoms with Crippen molar-refractivity contribution < 1.29 is 14.0 Å². The van der Waals surface area contributed by atoms with Gasteiger partial charge in [-0.15, -0.1) is 0 Å². The Morgan fingerprint density at radius 3 is 2.33 bits per heavy atom. The zero-order chi connectivity index (χ0) is 15.2. The van der Waals surface area contributed by atoms with E-state index in [0.29, 0.717) is 11.3 Å². The Balaban J connectivity index is 1.89. The molecule has 0 aliphatic carbocycles. The third-order valence-electron chi connectivity index (χ3n) is 2.89. The van der Waals surface area contributed by atoms with Gasteiger partial charge in [-0.25, -0.2) is 4.39 Å². The maximum absolute atomic E-state index is 13.4. The highest BCUT2D eigenvalue weighted by molar-refractivity contribution is 5.95. The quantitative estimate of drug-likeness (QED) is 0.830. The lowest BCUT2D eigenvalue weighted by atomic mass is 10.1. The van der Waals surface area contributed by atoms with Crippen LogP contribution in [0.1, 0.15) is 17.3 Å². The number of hydrogen-bond donors (Lipinski definition) is 2. The number of rotatable bonds is 5. The fourth-order valence-corrected chi connectivity index (χ4v) is 1.76. The Morgan fingerprint density at radius 1 is 1.05 bits per heavy atom. The van der Waals surface area contributed by atoms with Crippen LogP contribution in [-0.4, -0.2) is 18.2 Å². The number of halogens is 1. The van der Waals surface area contributed by atoms with Gasteiger partial charge in [0.1, 0.15) is 5.82 Å². The fraction of sp³-hybridized carbons (Fsp3) is 0.125. The predicted molar refractivity (Wildman–Crippen MR) is 80.0 cm³/mol. The minimum atomic E-state index is -0.475. The average Bonchev–Trinajstić information content (AvgIpc) is 2.48. The number of carbonyl (C=O) groups is 2. The smallest absolute Gasteiger partial charge is 0.243 e. The molecular formula is C16H15FN2O2. The highest BCUT2D eigenvalue weighted by Gasteiger charge is 2.06. The Kier molecular flexibility index (Phi) is 4.66. The molecule has 2 aromatic rings. The van der Waals surface area contributed by atoms with Crippen molar-refractivity contribution in [3.8, 4) is 0 Å². The molecule has 0 heterocycles. The Morgan fingerprint density at radius 2 is 1.71 bits per heavy atom. The van der Waals surface area contributed by atoms with E-state index in [1.165, 1.54) is 19.1 Å². The summed E-state index contributed by atoms with van der Waals surface area (Å²) >= 11 is 0. The van der Waals surface area contributed by atoms with Crippen molar-refractivity contribution in [3.05, 3.63) is 59.9 Å². The number of amides is 1. The van der Waals surface area contributed by atoms with Gasteiger partial charge in [-0.1, -0.05) is 12.1 Å². The Bertz CT molecular complexity index is 654. The van der Waals surface area contributed by atoms with E-state index in [4.69, 9.17) is 0 Å². The average molecular weight is 286 g/mol. The molecule has 108 valence electrons. The number of anilines is 2. The third kappa shape index (κ3) is 4.14. The van der Waals surface area contributed by atoms with E-state index in [-0.39, 0.29) is 23.9 Å². The van der Waals surface area contributed by atoms with E-state index in [1.54, 1.807) is 36.4 Å². The SMILES string of the molecule is CC(=O)c1ccc(NCC(=O)Nc2ccccc2F)cc1. The van der Waals surface area contributed by atoms with Crippen molar-refractivity contribution >= 4 is 23.1 Å². The zero-order valence-electron chi connectivity index (χ0n) is 11.5. The molecule has 0 saturated carbocycles. The van der Waals surface area contributed by atoms with E-state index < -0.39 is 5.82 Å². The van der Waals surface area contributed by atoms with Gasteiger partial charge in [0.2, 0.25) is 5.91 Å². The maximum Gasteiger partial charge on any atom is 0.243 e. The molecule has 5 heteroatoms. The maximum atomic E-state index is 13.4. The van der Waals surface area contributed by atoms with Crippen LogP contribution >= 0.6 is 0 Å². The molecule has 2 rings (SSSR count). The van der Waals surface area contributed by atoms with Gasteiger partial charge in [-0.3, -0.25) is 9.59 Å². The first kappa shape index (κ1) is 14.7. The molecule has 0 spiro atoms. The third-order valence-corrected chi connectivity index (χ3v) is 2.89. The lowest BCUT2D eigenvalue weighted by molar-refractivity contribution is -0.114. The molecule has 2 N–H and O–H groups in total. The molecule has 4 nitrogen and oxygen atoms in total. The minimum absolute atomic E-state index is 0.00769. The van der Waals surface area contributed by atoms with Crippen LogP contribution in [0.15, 0.2) is 48.5 Å². The minimum Gasteiger partial charge on any atom is -0.376 e. The normalized spacial score (nSPS) is 10.0. The van der Waals surface area contributed by atoms with Crippen LogP contribution < -0.4 is 10.6 Å². The summed E-state index contributed by atoms with van der Waals surface area (Å²) in [5, 5.41) is 5.38. The van der Waals surface area contributed by atoms with Crippen LogP contribution in [0.5, 0.6) is 0 Å². The molecule has 0 aliphatic rings. The molecule has 0 saturated heterocycles. The monoisotopic (exact) mass is 286 g/mol. The number of carbonyl (C=O) groups excluding carboxylic acids is 2. The molecule has 0 atom stereocenters. The van der Waals surface area contributed by atoms with Crippen molar-refractivity contribution in [2.24, 2.45) is 0 Å². The zero-order valence-corrected chi connectivity index (χ0v) is 11.5. The van der Waals surface area contributed by atoms with Crippen LogP contribution in [0.3, 0.4) is 0 Å². The molecule has 0 bridgehead atoms. The van der Waals surface area contributed by atoms with Gasteiger partial charge in [0, 0.05) is 11.3 Å². The van der Waals surface area contributed by atoms with E-state index in [1.807, 2.05) is 0 Å². The highest BCUT2D eigenvalue weighted by atomic mass is 19.1. The molecule has 0 aromatic heterocycles. The van der Waals surface area contributed by atoms with Crippen molar-refractivity contribution in [3.63, 3.8) is 0 Å². The lowest BCUT2D eigenvalue weighted by Crippen LogP contribution is -2.22. The number of ketones is 1.